The molecule has 0 aromatic carbocycles. The van der Waals surface area contributed by atoms with E-state index in [-0.39, 0.29) is 42.2 Å². The van der Waals surface area contributed by atoms with Crippen molar-refractivity contribution in [1.82, 2.24) is 15.5 Å². The summed E-state index contributed by atoms with van der Waals surface area (Å²) in [6.45, 7) is 7.41. The lowest BCUT2D eigenvalue weighted by atomic mass is 9.70. The van der Waals surface area contributed by atoms with E-state index in [4.69, 9.17) is 0 Å². The number of carbonyl (C=O) groups excluding carboxylic acids is 3. The normalized spacial score (nSPS) is 32.0. The fourth-order valence-corrected chi connectivity index (χ4v) is 4.51. The molecule has 1 aliphatic carbocycles. The molecule has 27 heavy (non-hydrogen) atoms. The van der Waals surface area contributed by atoms with Gasteiger partial charge in [0.05, 0.1) is 24.5 Å². The van der Waals surface area contributed by atoms with Crippen LogP contribution in [0.4, 0.5) is 0 Å². The number of allylic oxidation sites excluding steroid dienone is 1. The number of hydrogen-bond acceptors (Lipinski definition) is 4. The maximum Gasteiger partial charge on any atom is 0.243 e. The van der Waals surface area contributed by atoms with Crippen LogP contribution in [0.1, 0.15) is 40.5 Å². The van der Waals surface area contributed by atoms with Crippen molar-refractivity contribution in [3.8, 4) is 0 Å². The van der Waals surface area contributed by atoms with E-state index in [9.17, 15) is 19.5 Å². The molecule has 1 aliphatic heterocycles. The average molecular weight is 380 g/mol. The lowest BCUT2D eigenvalue weighted by Gasteiger charge is -2.33. The fraction of sp³-hybridized carbons (Fsp3) is 0.750. The van der Waals surface area contributed by atoms with Gasteiger partial charge in [-0.15, -0.1) is 0 Å². The third-order valence-electron chi connectivity index (χ3n) is 5.88. The molecule has 0 bridgehead atoms. The molecule has 1 fully saturated rings. The van der Waals surface area contributed by atoms with E-state index >= 15 is 0 Å². The summed E-state index contributed by atoms with van der Waals surface area (Å²) in [5.74, 6) is -2.21. The number of carbonyl (C=O) groups is 3. The SMILES string of the molecule is CCCC(C)NC(=O)[C@@H]1[C@H]2C=C[C@@H](C)[C@@H](C(=O)NC)[C@@H]2C(=O)N1[C@H](C)CO. The van der Waals surface area contributed by atoms with E-state index in [0.717, 1.165) is 12.8 Å². The van der Waals surface area contributed by atoms with Crippen LogP contribution in [0.5, 0.6) is 0 Å². The van der Waals surface area contributed by atoms with Gasteiger partial charge in [0, 0.05) is 19.0 Å². The molecule has 0 spiro atoms. The maximum atomic E-state index is 13.3. The van der Waals surface area contributed by atoms with Crippen LogP contribution < -0.4 is 10.6 Å². The third-order valence-corrected chi connectivity index (χ3v) is 5.88. The van der Waals surface area contributed by atoms with Gasteiger partial charge in [-0.25, -0.2) is 0 Å². The lowest BCUT2D eigenvalue weighted by Crippen LogP contribution is -2.52. The largest absolute Gasteiger partial charge is 0.394 e. The molecule has 2 aliphatic rings. The average Bonchev–Trinajstić information content (AvgIpc) is 2.93. The Morgan fingerprint density at radius 3 is 2.48 bits per heavy atom. The second-order valence-electron chi connectivity index (χ2n) is 7.91. The Kier molecular flexibility index (Phi) is 7.03. The summed E-state index contributed by atoms with van der Waals surface area (Å²) in [6.07, 6.45) is 5.64. The standard InChI is InChI=1S/C20H33N3O4/c1-6-7-12(3)22-19(26)17-14-9-8-11(2)15(18(25)21-5)16(14)20(27)23(17)13(4)10-24/h8-9,11-17,24H,6-7,10H2,1-5H3,(H,21,25)(H,22,26)/t11-,12?,13-,14+,15-,16-,17+/m1/s1. The van der Waals surface area contributed by atoms with Crippen LogP contribution in [-0.4, -0.2) is 59.5 Å². The summed E-state index contributed by atoms with van der Waals surface area (Å²) in [4.78, 5) is 40.3. The Hall–Kier alpha value is -1.89. The number of nitrogens with one attached hydrogen (secondary N) is 2. The van der Waals surface area contributed by atoms with Crippen LogP contribution >= 0.6 is 0 Å². The Labute approximate surface area is 161 Å². The zero-order valence-corrected chi connectivity index (χ0v) is 16.9. The highest BCUT2D eigenvalue weighted by atomic mass is 16.3. The van der Waals surface area contributed by atoms with Crippen molar-refractivity contribution < 1.29 is 19.5 Å². The van der Waals surface area contributed by atoms with Gasteiger partial charge in [-0.1, -0.05) is 32.4 Å². The monoisotopic (exact) mass is 379 g/mol. The molecule has 1 heterocycles. The molecular formula is C20H33N3O4. The first-order chi connectivity index (χ1) is 12.8. The van der Waals surface area contributed by atoms with Crippen molar-refractivity contribution in [2.75, 3.05) is 13.7 Å². The molecule has 0 saturated carbocycles. The number of aliphatic hydroxyl groups is 1. The third kappa shape index (κ3) is 4.03. The van der Waals surface area contributed by atoms with Crippen LogP contribution in [0.25, 0.3) is 0 Å². The predicted molar refractivity (Wildman–Crippen MR) is 103 cm³/mol. The van der Waals surface area contributed by atoms with E-state index in [1.807, 2.05) is 26.0 Å². The number of rotatable bonds is 7. The first-order valence-electron chi connectivity index (χ1n) is 9.91. The molecule has 7 heteroatoms. The van der Waals surface area contributed by atoms with Gasteiger partial charge in [-0.3, -0.25) is 14.4 Å². The zero-order valence-electron chi connectivity index (χ0n) is 16.9. The predicted octanol–water partition coefficient (Wildman–Crippen LogP) is 0.683. The van der Waals surface area contributed by atoms with Gasteiger partial charge in [-0.05, 0) is 26.2 Å². The summed E-state index contributed by atoms with van der Waals surface area (Å²) < 4.78 is 0. The topological polar surface area (TPSA) is 98.7 Å². The first-order valence-corrected chi connectivity index (χ1v) is 9.91. The number of likely N-dealkylation sites (tertiary alicyclic amines) is 1. The lowest BCUT2D eigenvalue weighted by molar-refractivity contribution is -0.143. The number of nitrogens with zero attached hydrogens (tertiary/aromatic N) is 1. The molecule has 3 amide bonds. The minimum Gasteiger partial charge on any atom is -0.394 e. The molecule has 1 unspecified atom stereocenters. The molecule has 1 saturated heterocycles. The molecule has 0 aromatic rings. The van der Waals surface area contributed by atoms with Crippen molar-refractivity contribution in [3.05, 3.63) is 12.2 Å². The summed E-state index contributed by atoms with van der Waals surface area (Å²) >= 11 is 0. The van der Waals surface area contributed by atoms with Crippen LogP contribution in [0.3, 0.4) is 0 Å². The Bertz CT molecular complexity index is 606. The molecular weight excluding hydrogens is 346 g/mol. The number of amides is 3. The zero-order chi connectivity index (χ0) is 20.3. The number of aliphatic hydroxyl groups excluding tert-OH is 1. The van der Waals surface area contributed by atoms with E-state index in [2.05, 4.69) is 17.6 Å². The van der Waals surface area contributed by atoms with Gasteiger partial charge in [0.25, 0.3) is 0 Å². The first kappa shape index (κ1) is 21.4. The second-order valence-corrected chi connectivity index (χ2v) is 7.91. The highest BCUT2D eigenvalue weighted by molar-refractivity contribution is 5.97. The summed E-state index contributed by atoms with van der Waals surface area (Å²) in [5.41, 5.74) is 0. The van der Waals surface area contributed by atoms with Gasteiger partial charge in [0.2, 0.25) is 17.7 Å². The van der Waals surface area contributed by atoms with Crippen molar-refractivity contribution in [2.45, 2.75) is 58.7 Å². The van der Waals surface area contributed by atoms with Crippen molar-refractivity contribution in [2.24, 2.45) is 23.7 Å². The van der Waals surface area contributed by atoms with E-state index in [1.165, 1.54) is 4.90 Å². The molecule has 3 N–H and O–H groups in total. The van der Waals surface area contributed by atoms with E-state index < -0.39 is 23.9 Å². The minimum atomic E-state index is -0.708. The quantitative estimate of drug-likeness (QED) is 0.567. The van der Waals surface area contributed by atoms with Gasteiger partial charge >= 0.3 is 0 Å². The highest BCUT2D eigenvalue weighted by Crippen LogP contribution is 2.44. The van der Waals surface area contributed by atoms with Crippen molar-refractivity contribution >= 4 is 17.7 Å². The molecule has 2 rings (SSSR count). The van der Waals surface area contributed by atoms with E-state index in [0.29, 0.717) is 0 Å². The maximum absolute atomic E-state index is 13.3. The summed E-state index contributed by atoms with van der Waals surface area (Å²) in [6, 6.07) is -1.20. The summed E-state index contributed by atoms with van der Waals surface area (Å²) in [5, 5.41) is 15.3. The van der Waals surface area contributed by atoms with E-state index in [1.54, 1.807) is 14.0 Å². The molecule has 0 aromatic heterocycles. The fourth-order valence-electron chi connectivity index (χ4n) is 4.51. The number of hydrogen-bond donors (Lipinski definition) is 3. The van der Waals surface area contributed by atoms with Crippen LogP contribution in [0.2, 0.25) is 0 Å². The van der Waals surface area contributed by atoms with Gasteiger partial charge < -0.3 is 20.6 Å². The Morgan fingerprint density at radius 1 is 1.26 bits per heavy atom. The van der Waals surface area contributed by atoms with Crippen LogP contribution in [-0.2, 0) is 14.4 Å². The van der Waals surface area contributed by atoms with Gasteiger partial charge in [0.15, 0.2) is 0 Å². The second kappa shape index (κ2) is 8.87. The van der Waals surface area contributed by atoms with Crippen molar-refractivity contribution in [1.29, 1.82) is 0 Å². The minimum absolute atomic E-state index is 0.00386. The molecule has 152 valence electrons. The summed E-state index contributed by atoms with van der Waals surface area (Å²) in [7, 11) is 1.56. The highest BCUT2D eigenvalue weighted by Gasteiger charge is 2.57. The molecule has 7 nitrogen and oxygen atoms in total. The molecule has 0 radical (unpaired) electrons. The van der Waals surface area contributed by atoms with Crippen molar-refractivity contribution in [3.63, 3.8) is 0 Å². The Balaban J connectivity index is 2.41. The van der Waals surface area contributed by atoms with Crippen LogP contribution in [0.15, 0.2) is 12.2 Å². The van der Waals surface area contributed by atoms with Gasteiger partial charge in [0.1, 0.15) is 6.04 Å². The molecule has 7 atom stereocenters. The smallest absolute Gasteiger partial charge is 0.243 e. The van der Waals surface area contributed by atoms with Crippen LogP contribution in [0, 0.1) is 23.7 Å². The number of fused-ring (bicyclic) bond motifs is 1. The Morgan fingerprint density at radius 2 is 1.93 bits per heavy atom. The van der Waals surface area contributed by atoms with Gasteiger partial charge in [-0.2, -0.15) is 0 Å².